The highest BCUT2D eigenvalue weighted by atomic mass is 16.5. The summed E-state index contributed by atoms with van der Waals surface area (Å²) in [5.74, 6) is 1.17. The first-order valence-corrected chi connectivity index (χ1v) is 9.12. The Morgan fingerprint density at radius 1 is 1.11 bits per heavy atom. The summed E-state index contributed by atoms with van der Waals surface area (Å²) >= 11 is 0. The zero-order chi connectivity index (χ0) is 20.8. The molecule has 1 aromatic heterocycles. The number of benzene rings is 1. The van der Waals surface area contributed by atoms with Gasteiger partial charge in [-0.2, -0.15) is 0 Å². The van der Waals surface area contributed by atoms with Gasteiger partial charge < -0.3 is 23.9 Å². The SMILES string of the molecule is CCOC(=O)[C@H](NC(=O)c1cc(-c2ccc(OC)c(OC)c2)oc1C)C(C)C. The number of carbonyl (C=O) groups is 2. The molecule has 7 nitrogen and oxygen atoms in total. The maximum absolute atomic E-state index is 12.7. The van der Waals surface area contributed by atoms with E-state index in [1.807, 2.05) is 19.9 Å². The van der Waals surface area contributed by atoms with E-state index in [0.717, 1.165) is 5.56 Å². The summed E-state index contributed by atoms with van der Waals surface area (Å²) in [6, 6.07) is 6.27. The molecule has 0 aliphatic carbocycles. The van der Waals surface area contributed by atoms with Crippen molar-refractivity contribution in [1.82, 2.24) is 5.32 Å². The van der Waals surface area contributed by atoms with Crippen LogP contribution < -0.4 is 14.8 Å². The summed E-state index contributed by atoms with van der Waals surface area (Å²) in [6.07, 6.45) is 0. The second kappa shape index (κ2) is 9.30. The number of hydrogen-bond acceptors (Lipinski definition) is 6. The summed E-state index contributed by atoms with van der Waals surface area (Å²) in [5, 5.41) is 2.75. The number of carbonyl (C=O) groups excluding carboxylic acids is 2. The van der Waals surface area contributed by atoms with E-state index in [1.165, 1.54) is 0 Å². The van der Waals surface area contributed by atoms with Gasteiger partial charge in [0.2, 0.25) is 0 Å². The smallest absolute Gasteiger partial charge is 0.328 e. The maximum Gasteiger partial charge on any atom is 0.328 e. The van der Waals surface area contributed by atoms with Crippen molar-refractivity contribution in [2.75, 3.05) is 20.8 Å². The number of hydrogen-bond donors (Lipinski definition) is 1. The van der Waals surface area contributed by atoms with Crippen molar-refractivity contribution >= 4 is 11.9 Å². The van der Waals surface area contributed by atoms with E-state index >= 15 is 0 Å². The molecule has 7 heteroatoms. The van der Waals surface area contributed by atoms with Crippen molar-refractivity contribution in [3.05, 3.63) is 35.6 Å². The zero-order valence-corrected chi connectivity index (χ0v) is 17.1. The first kappa shape index (κ1) is 21.3. The molecular formula is C21H27NO6. The highest BCUT2D eigenvalue weighted by molar-refractivity contribution is 5.98. The van der Waals surface area contributed by atoms with Gasteiger partial charge in [0.1, 0.15) is 17.6 Å². The first-order valence-electron chi connectivity index (χ1n) is 9.12. The van der Waals surface area contributed by atoms with Crippen molar-refractivity contribution in [3.8, 4) is 22.8 Å². The van der Waals surface area contributed by atoms with E-state index in [-0.39, 0.29) is 18.4 Å². The normalized spacial score (nSPS) is 11.8. The molecule has 152 valence electrons. The van der Waals surface area contributed by atoms with Crippen molar-refractivity contribution in [3.63, 3.8) is 0 Å². The molecule has 0 radical (unpaired) electrons. The molecule has 1 heterocycles. The summed E-state index contributed by atoms with van der Waals surface area (Å²) in [5.41, 5.74) is 1.10. The van der Waals surface area contributed by atoms with Gasteiger partial charge in [-0.05, 0) is 44.0 Å². The van der Waals surface area contributed by atoms with Crippen LogP contribution >= 0.6 is 0 Å². The number of methoxy groups -OCH3 is 2. The van der Waals surface area contributed by atoms with E-state index in [2.05, 4.69) is 5.32 Å². The predicted octanol–water partition coefficient (Wildman–Crippen LogP) is 3.59. The van der Waals surface area contributed by atoms with E-state index < -0.39 is 12.0 Å². The fourth-order valence-electron chi connectivity index (χ4n) is 2.79. The predicted molar refractivity (Wildman–Crippen MR) is 105 cm³/mol. The van der Waals surface area contributed by atoms with Gasteiger partial charge in [-0.1, -0.05) is 13.8 Å². The third-order valence-electron chi connectivity index (χ3n) is 4.32. The summed E-state index contributed by atoms with van der Waals surface area (Å²) in [4.78, 5) is 24.8. The maximum atomic E-state index is 12.7. The Morgan fingerprint density at radius 2 is 1.79 bits per heavy atom. The van der Waals surface area contributed by atoms with Crippen LogP contribution in [0.4, 0.5) is 0 Å². The Kier molecular flexibility index (Phi) is 7.09. The molecule has 0 saturated carbocycles. The molecule has 2 aromatic rings. The number of furan rings is 1. The largest absolute Gasteiger partial charge is 0.493 e. The molecule has 28 heavy (non-hydrogen) atoms. The minimum absolute atomic E-state index is 0.111. The zero-order valence-electron chi connectivity index (χ0n) is 17.1. The molecule has 1 atom stereocenters. The third kappa shape index (κ3) is 4.65. The Morgan fingerprint density at radius 3 is 2.36 bits per heavy atom. The lowest BCUT2D eigenvalue weighted by Gasteiger charge is -2.20. The van der Waals surface area contributed by atoms with E-state index in [9.17, 15) is 9.59 Å². The minimum atomic E-state index is -0.730. The van der Waals surface area contributed by atoms with Crippen LogP contribution in [0.5, 0.6) is 11.5 Å². The van der Waals surface area contributed by atoms with E-state index in [4.69, 9.17) is 18.6 Å². The third-order valence-corrected chi connectivity index (χ3v) is 4.32. The van der Waals surface area contributed by atoms with Crippen molar-refractivity contribution in [2.45, 2.75) is 33.7 Å². The van der Waals surface area contributed by atoms with Crippen molar-refractivity contribution < 1.29 is 28.2 Å². The number of esters is 1. The lowest BCUT2D eigenvalue weighted by Crippen LogP contribution is -2.45. The van der Waals surface area contributed by atoms with Crippen molar-refractivity contribution in [1.29, 1.82) is 0 Å². The van der Waals surface area contributed by atoms with Gasteiger partial charge in [-0.3, -0.25) is 4.79 Å². The monoisotopic (exact) mass is 389 g/mol. The topological polar surface area (TPSA) is 87.0 Å². The molecule has 0 saturated heterocycles. The average molecular weight is 389 g/mol. The van der Waals surface area contributed by atoms with Gasteiger partial charge in [0.05, 0.1) is 26.4 Å². The second-order valence-corrected chi connectivity index (χ2v) is 6.60. The van der Waals surface area contributed by atoms with Crippen LogP contribution in [0.2, 0.25) is 0 Å². The van der Waals surface area contributed by atoms with Crippen molar-refractivity contribution in [2.24, 2.45) is 5.92 Å². The number of rotatable bonds is 8. The van der Waals surface area contributed by atoms with Crippen LogP contribution in [0.15, 0.2) is 28.7 Å². The van der Waals surface area contributed by atoms with Crippen LogP contribution in [0.1, 0.15) is 36.9 Å². The van der Waals surface area contributed by atoms with Gasteiger partial charge >= 0.3 is 5.97 Å². The van der Waals surface area contributed by atoms with E-state index in [1.54, 1.807) is 46.3 Å². The van der Waals surface area contributed by atoms with Gasteiger partial charge in [0.25, 0.3) is 5.91 Å². The molecule has 0 aliphatic rings. The highest BCUT2D eigenvalue weighted by Crippen LogP contribution is 2.34. The fraction of sp³-hybridized carbons (Fsp3) is 0.429. The molecular weight excluding hydrogens is 362 g/mol. The van der Waals surface area contributed by atoms with Crippen LogP contribution in [-0.4, -0.2) is 38.7 Å². The van der Waals surface area contributed by atoms with Crippen LogP contribution in [0.25, 0.3) is 11.3 Å². The average Bonchev–Trinajstić information content (AvgIpc) is 3.06. The quantitative estimate of drug-likeness (QED) is 0.694. The minimum Gasteiger partial charge on any atom is -0.493 e. The Balaban J connectivity index is 2.28. The van der Waals surface area contributed by atoms with Gasteiger partial charge in [0, 0.05) is 5.56 Å². The number of aryl methyl sites for hydroxylation is 1. The lowest BCUT2D eigenvalue weighted by molar-refractivity contribution is -0.146. The van der Waals surface area contributed by atoms with Crippen LogP contribution in [0.3, 0.4) is 0 Å². The molecule has 0 bridgehead atoms. The molecule has 0 fully saturated rings. The Labute approximate surface area is 165 Å². The second-order valence-electron chi connectivity index (χ2n) is 6.60. The summed E-state index contributed by atoms with van der Waals surface area (Å²) < 4.78 is 21.4. The summed E-state index contributed by atoms with van der Waals surface area (Å²) in [7, 11) is 3.11. The van der Waals surface area contributed by atoms with Gasteiger partial charge in [-0.25, -0.2) is 4.79 Å². The van der Waals surface area contributed by atoms with Crippen LogP contribution in [-0.2, 0) is 9.53 Å². The number of nitrogens with one attached hydrogen (secondary N) is 1. The summed E-state index contributed by atoms with van der Waals surface area (Å²) in [6.45, 7) is 7.38. The first-order chi connectivity index (χ1) is 13.3. The highest BCUT2D eigenvalue weighted by Gasteiger charge is 2.27. The Hall–Kier alpha value is -2.96. The molecule has 1 N–H and O–H groups in total. The fourth-order valence-corrected chi connectivity index (χ4v) is 2.79. The number of ether oxygens (including phenoxy) is 3. The van der Waals surface area contributed by atoms with Gasteiger partial charge in [-0.15, -0.1) is 0 Å². The molecule has 0 unspecified atom stereocenters. The standard InChI is InChI=1S/C21H27NO6/c1-7-27-21(24)19(12(2)3)22-20(23)15-11-17(28-13(15)4)14-8-9-16(25-5)18(10-14)26-6/h8-12,19H,7H2,1-6H3,(H,22,23)/t19-/m1/s1. The molecule has 1 aromatic carbocycles. The molecule has 2 rings (SSSR count). The van der Waals surface area contributed by atoms with E-state index in [0.29, 0.717) is 28.6 Å². The number of amides is 1. The Bertz CT molecular complexity index is 839. The molecule has 0 aliphatic heterocycles. The van der Waals surface area contributed by atoms with Gasteiger partial charge in [0.15, 0.2) is 11.5 Å². The molecule has 1 amide bonds. The molecule has 0 spiro atoms. The lowest BCUT2D eigenvalue weighted by atomic mass is 10.0. The van der Waals surface area contributed by atoms with Crippen LogP contribution in [0, 0.1) is 12.8 Å².